The number of hydrogen-bond acceptors (Lipinski definition) is 4. The van der Waals surface area contributed by atoms with Gasteiger partial charge in [-0.2, -0.15) is 0 Å². The van der Waals surface area contributed by atoms with Crippen molar-refractivity contribution < 1.29 is 18.8 Å². The van der Waals surface area contributed by atoms with Crippen molar-refractivity contribution in [3.8, 4) is 0 Å². The highest BCUT2D eigenvalue weighted by atomic mass is 79.9. The van der Waals surface area contributed by atoms with Gasteiger partial charge in [0.25, 0.3) is 0 Å². The Morgan fingerprint density at radius 3 is 2.55 bits per heavy atom. The zero-order valence-electron chi connectivity index (χ0n) is 11.9. The second-order valence-corrected chi connectivity index (χ2v) is 5.94. The molecule has 0 amide bonds. The molecule has 1 aromatic heterocycles. The molecule has 0 atom stereocenters. The van der Waals surface area contributed by atoms with E-state index in [0.717, 1.165) is 5.56 Å². The van der Waals surface area contributed by atoms with E-state index in [1.165, 1.54) is 6.26 Å². The van der Waals surface area contributed by atoms with Gasteiger partial charge >= 0.3 is 0 Å². The van der Waals surface area contributed by atoms with E-state index < -0.39 is 11.6 Å². The van der Waals surface area contributed by atoms with Crippen molar-refractivity contribution in [2.45, 2.75) is 13.8 Å². The highest BCUT2D eigenvalue weighted by Crippen LogP contribution is 2.35. The summed E-state index contributed by atoms with van der Waals surface area (Å²) in [5.74, 6) is -1.45. The maximum atomic E-state index is 12.6. The molecular weight excluding hydrogens is 348 g/mol. The fraction of sp³-hybridized carbons (Fsp3) is 0.118. The van der Waals surface area contributed by atoms with Gasteiger partial charge in [0, 0.05) is 11.1 Å². The van der Waals surface area contributed by atoms with Crippen LogP contribution in [0, 0.1) is 6.92 Å². The standard InChI is InChI=1S/C17H11BrO4/c1-8-4-3-5-10(6-8)14(19)11-7-22-17-9(2)13(18)16(21)15(20)12(11)17/h3-7H,1-2H3. The van der Waals surface area contributed by atoms with Crippen LogP contribution in [0.4, 0.5) is 0 Å². The maximum Gasteiger partial charge on any atom is 0.241 e. The van der Waals surface area contributed by atoms with Gasteiger partial charge in [-0.25, -0.2) is 0 Å². The average Bonchev–Trinajstić information content (AvgIpc) is 2.95. The van der Waals surface area contributed by atoms with E-state index in [2.05, 4.69) is 15.9 Å². The first-order valence-electron chi connectivity index (χ1n) is 6.60. The summed E-state index contributed by atoms with van der Waals surface area (Å²) in [7, 11) is 0. The monoisotopic (exact) mass is 358 g/mol. The third kappa shape index (κ3) is 2.09. The molecule has 1 heterocycles. The number of Topliss-reactive ketones (excluding diaryl/α,β-unsaturated/α-hetero) is 2. The Kier molecular flexibility index (Phi) is 3.45. The van der Waals surface area contributed by atoms with E-state index >= 15 is 0 Å². The average molecular weight is 359 g/mol. The normalized spacial score (nSPS) is 14.3. The highest BCUT2D eigenvalue weighted by Gasteiger charge is 2.36. The molecule has 110 valence electrons. The van der Waals surface area contributed by atoms with Crippen LogP contribution < -0.4 is 0 Å². The molecule has 0 saturated carbocycles. The van der Waals surface area contributed by atoms with Gasteiger partial charge in [-0.15, -0.1) is 0 Å². The second-order valence-electron chi connectivity index (χ2n) is 5.15. The summed E-state index contributed by atoms with van der Waals surface area (Å²) in [5.41, 5.74) is 2.08. The van der Waals surface area contributed by atoms with E-state index in [1.807, 2.05) is 13.0 Å². The van der Waals surface area contributed by atoms with E-state index in [4.69, 9.17) is 4.42 Å². The molecule has 0 radical (unpaired) electrons. The molecule has 22 heavy (non-hydrogen) atoms. The fourth-order valence-corrected chi connectivity index (χ4v) is 2.81. The van der Waals surface area contributed by atoms with E-state index in [1.54, 1.807) is 25.1 Å². The van der Waals surface area contributed by atoms with Crippen LogP contribution in [0.1, 0.15) is 44.5 Å². The fourth-order valence-electron chi connectivity index (χ4n) is 2.45. The third-order valence-corrected chi connectivity index (χ3v) is 4.57. The molecule has 1 aliphatic rings. The molecule has 2 aromatic rings. The maximum absolute atomic E-state index is 12.6. The molecular formula is C17H11BrO4. The van der Waals surface area contributed by atoms with Crippen molar-refractivity contribution in [3.63, 3.8) is 0 Å². The Morgan fingerprint density at radius 2 is 1.86 bits per heavy atom. The summed E-state index contributed by atoms with van der Waals surface area (Å²) in [6, 6.07) is 7.04. The molecule has 1 aliphatic carbocycles. The SMILES string of the molecule is CC1=C(Br)C(=O)C(=O)c2c(C(=O)c3cccc(C)c3)coc21. The van der Waals surface area contributed by atoms with E-state index in [0.29, 0.717) is 11.1 Å². The van der Waals surface area contributed by atoms with Crippen LogP contribution in [0.2, 0.25) is 0 Å². The number of aryl methyl sites for hydroxylation is 1. The van der Waals surface area contributed by atoms with Crippen LogP contribution >= 0.6 is 15.9 Å². The molecule has 0 bridgehead atoms. The van der Waals surface area contributed by atoms with Crippen LogP contribution in [0.3, 0.4) is 0 Å². The molecule has 0 saturated heterocycles. The number of carbonyl (C=O) groups excluding carboxylic acids is 3. The lowest BCUT2D eigenvalue weighted by molar-refractivity contribution is -0.111. The minimum Gasteiger partial charge on any atom is -0.463 e. The van der Waals surface area contributed by atoms with Gasteiger partial charge in [0.05, 0.1) is 15.6 Å². The van der Waals surface area contributed by atoms with E-state index in [-0.39, 0.29) is 27.2 Å². The number of furan rings is 1. The molecule has 4 nitrogen and oxygen atoms in total. The minimum absolute atomic E-state index is 0.0530. The lowest BCUT2D eigenvalue weighted by Gasteiger charge is -2.11. The topological polar surface area (TPSA) is 64.3 Å². The predicted molar refractivity (Wildman–Crippen MR) is 84.2 cm³/mol. The molecule has 0 fully saturated rings. The van der Waals surface area contributed by atoms with Crippen LogP contribution in [0.15, 0.2) is 39.4 Å². The van der Waals surface area contributed by atoms with Crippen molar-refractivity contribution in [2.24, 2.45) is 0 Å². The summed E-state index contributed by atoms with van der Waals surface area (Å²) in [6.45, 7) is 3.54. The third-order valence-electron chi connectivity index (χ3n) is 3.62. The summed E-state index contributed by atoms with van der Waals surface area (Å²) >= 11 is 3.09. The first-order chi connectivity index (χ1) is 10.4. The first-order valence-corrected chi connectivity index (χ1v) is 7.39. The van der Waals surface area contributed by atoms with Gasteiger partial charge < -0.3 is 4.42 Å². The van der Waals surface area contributed by atoms with Crippen molar-refractivity contribution in [1.29, 1.82) is 0 Å². The Morgan fingerprint density at radius 1 is 1.14 bits per heavy atom. The lowest BCUT2D eigenvalue weighted by Crippen LogP contribution is -2.22. The van der Waals surface area contributed by atoms with Crippen molar-refractivity contribution in [2.75, 3.05) is 0 Å². The molecule has 0 unspecified atom stereocenters. The number of carbonyl (C=O) groups is 3. The molecule has 0 aliphatic heterocycles. The van der Waals surface area contributed by atoms with Crippen molar-refractivity contribution >= 4 is 38.9 Å². The summed E-state index contributed by atoms with van der Waals surface area (Å²) < 4.78 is 5.55. The smallest absolute Gasteiger partial charge is 0.241 e. The van der Waals surface area contributed by atoms with Gasteiger partial charge in [0.15, 0.2) is 5.78 Å². The zero-order valence-corrected chi connectivity index (χ0v) is 13.5. The van der Waals surface area contributed by atoms with Crippen LogP contribution in [0.25, 0.3) is 5.57 Å². The molecule has 0 spiro atoms. The van der Waals surface area contributed by atoms with Crippen LogP contribution in [0.5, 0.6) is 0 Å². The van der Waals surface area contributed by atoms with Gasteiger partial charge in [-0.1, -0.05) is 23.8 Å². The van der Waals surface area contributed by atoms with E-state index in [9.17, 15) is 14.4 Å². The first kappa shape index (κ1) is 14.7. The molecule has 1 aromatic carbocycles. The number of fused-ring (bicyclic) bond motifs is 1. The second kappa shape index (κ2) is 5.18. The number of rotatable bonds is 2. The van der Waals surface area contributed by atoms with Gasteiger partial charge in [-0.05, 0) is 35.8 Å². The Balaban J connectivity index is 2.17. The van der Waals surface area contributed by atoms with Crippen LogP contribution in [-0.4, -0.2) is 17.3 Å². The molecule has 3 rings (SSSR count). The number of halogens is 1. The Bertz CT molecular complexity index is 871. The number of allylic oxidation sites excluding steroid dienone is 2. The minimum atomic E-state index is -0.725. The summed E-state index contributed by atoms with van der Waals surface area (Å²) in [4.78, 5) is 36.8. The van der Waals surface area contributed by atoms with Crippen molar-refractivity contribution in [1.82, 2.24) is 0 Å². The zero-order chi connectivity index (χ0) is 16.0. The lowest BCUT2D eigenvalue weighted by atomic mass is 9.90. The molecule has 5 heteroatoms. The van der Waals surface area contributed by atoms with Gasteiger partial charge in [-0.3, -0.25) is 14.4 Å². The van der Waals surface area contributed by atoms with Gasteiger partial charge in [0.1, 0.15) is 12.0 Å². The molecule has 0 N–H and O–H groups in total. The largest absolute Gasteiger partial charge is 0.463 e. The number of ketones is 3. The summed E-state index contributed by atoms with van der Waals surface area (Å²) in [6.07, 6.45) is 1.25. The Labute approximate surface area is 134 Å². The van der Waals surface area contributed by atoms with Gasteiger partial charge in [0.2, 0.25) is 11.6 Å². The van der Waals surface area contributed by atoms with Crippen LogP contribution in [-0.2, 0) is 4.79 Å². The van der Waals surface area contributed by atoms with Crippen molar-refractivity contribution in [3.05, 3.63) is 63.0 Å². The highest BCUT2D eigenvalue weighted by molar-refractivity contribution is 9.12. The Hall–Kier alpha value is -2.27. The number of benzene rings is 1. The quantitative estimate of drug-likeness (QED) is 0.606. The summed E-state index contributed by atoms with van der Waals surface area (Å²) in [5, 5.41) is 0. The number of hydrogen-bond donors (Lipinski definition) is 0. The predicted octanol–water partition coefficient (Wildman–Crippen LogP) is 3.71.